The second-order valence-corrected chi connectivity index (χ2v) is 7.39. The Morgan fingerprint density at radius 3 is 2.40 bits per heavy atom. The molecule has 2 aliphatic heterocycles. The van der Waals surface area contributed by atoms with Gasteiger partial charge in [0.2, 0.25) is 5.91 Å². The van der Waals surface area contributed by atoms with Crippen LogP contribution in [0, 0.1) is 17.6 Å². The van der Waals surface area contributed by atoms with Gasteiger partial charge in [-0.1, -0.05) is 0 Å². The molecule has 0 unspecified atom stereocenters. The van der Waals surface area contributed by atoms with E-state index < -0.39 is 23.6 Å². The Kier molecular flexibility index (Phi) is 5.58. The number of nitrogens with two attached hydrogens (primary N) is 1. The summed E-state index contributed by atoms with van der Waals surface area (Å²) in [4.78, 5) is 39.9. The van der Waals surface area contributed by atoms with Gasteiger partial charge < -0.3 is 10.6 Å². The third kappa shape index (κ3) is 4.09. The second kappa shape index (κ2) is 8.31. The Morgan fingerprint density at radius 2 is 1.73 bits per heavy atom. The average Bonchev–Trinajstić information content (AvgIpc) is 3.23. The normalized spacial score (nSPS) is 19.9. The van der Waals surface area contributed by atoms with E-state index in [-0.39, 0.29) is 17.5 Å². The van der Waals surface area contributed by atoms with E-state index in [4.69, 9.17) is 10.6 Å². The van der Waals surface area contributed by atoms with Crippen molar-refractivity contribution in [3.05, 3.63) is 53.5 Å². The third-order valence-electron chi connectivity index (χ3n) is 5.46. The van der Waals surface area contributed by atoms with E-state index in [1.807, 2.05) is 4.90 Å². The van der Waals surface area contributed by atoms with Crippen LogP contribution in [0.5, 0.6) is 0 Å². The minimum Gasteiger partial charge on any atom is -0.364 e. The van der Waals surface area contributed by atoms with Crippen LogP contribution in [0.15, 0.2) is 30.6 Å². The summed E-state index contributed by atoms with van der Waals surface area (Å²) in [6.07, 6.45) is 2.87. The summed E-state index contributed by atoms with van der Waals surface area (Å²) < 4.78 is 27.2. The number of rotatable bonds is 4. The van der Waals surface area contributed by atoms with E-state index in [2.05, 4.69) is 9.97 Å². The predicted octanol–water partition coefficient (Wildman–Crippen LogP) is 1.98. The summed E-state index contributed by atoms with van der Waals surface area (Å²) in [5.74, 6) is -1.89. The van der Waals surface area contributed by atoms with Gasteiger partial charge in [0.1, 0.15) is 29.5 Å². The summed E-state index contributed by atoms with van der Waals surface area (Å²) in [7, 11) is 0. The Hall–Kier alpha value is -3.14. The fourth-order valence-corrected chi connectivity index (χ4v) is 3.95. The maximum Gasteiger partial charge on any atom is 0.267 e. The predicted molar refractivity (Wildman–Crippen MR) is 102 cm³/mol. The van der Waals surface area contributed by atoms with Crippen LogP contribution in [-0.4, -0.2) is 46.5 Å². The molecule has 0 spiro atoms. The lowest BCUT2D eigenvalue weighted by atomic mass is 9.94. The van der Waals surface area contributed by atoms with Gasteiger partial charge in [-0.05, 0) is 30.5 Å². The van der Waals surface area contributed by atoms with Crippen LogP contribution >= 0.6 is 0 Å². The van der Waals surface area contributed by atoms with Crippen LogP contribution in [0.4, 0.5) is 14.6 Å². The number of nitrogens with zero attached hydrogens (tertiary/aromatic N) is 4. The minimum atomic E-state index is -0.683. The largest absolute Gasteiger partial charge is 0.364 e. The minimum absolute atomic E-state index is 0.133. The van der Waals surface area contributed by atoms with Gasteiger partial charge in [-0.25, -0.2) is 23.8 Å². The van der Waals surface area contributed by atoms with E-state index in [0.29, 0.717) is 50.3 Å². The van der Waals surface area contributed by atoms with Crippen LogP contribution in [0.3, 0.4) is 0 Å². The molecule has 2 saturated heterocycles. The van der Waals surface area contributed by atoms with Gasteiger partial charge >= 0.3 is 0 Å². The second-order valence-electron chi connectivity index (χ2n) is 7.39. The fourth-order valence-electron chi connectivity index (χ4n) is 3.95. The quantitative estimate of drug-likeness (QED) is 0.816. The average molecular weight is 417 g/mol. The summed E-state index contributed by atoms with van der Waals surface area (Å²) >= 11 is 0. The first-order valence-corrected chi connectivity index (χ1v) is 9.71. The van der Waals surface area contributed by atoms with Crippen molar-refractivity contribution in [2.45, 2.75) is 25.3 Å². The molecule has 2 aromatic rings. The highest BCUT2D eigenvalue weighted by molar-refractivity contribution is 5.91. The standard InChI is InChI=1S/C20H21F2N5O3/c21-14-7-13(8-15(22)9-14)17-3-6-30-27(17)20(29)12-1-4-26(5-2-12)18-10-16(19(23)28)24-11-25-18/h7-12,17H,1-6H2,(H2,23,28)/t17-/m1/s1. The first kappa shape index (κ1) is 20.1. The van der Waals surface area contributed by atoms with Crippen molar-refractivity contribution in [2.24, 2.45) is 11.7 Å². The maximum absolute atomic E-state index is 13.6. The van der Waals surface area contributed by atoms with Crippen LogP contribution in [0.2, 0.25) is 0 Å². The number of carbonyl (C=O) groups excluding carboxylic acids is 2. The Balaban J connectivity index is 1.42. The van der Waals surface area contributed by atoms with Crippen molar-refractivity contribution >= 4 is 17.6 Å². The molecule has 1 atom stereocenters. The van der Waals surface area contributed by atoms with Gasteiger partial charge in [0, 0.05) is 37.6 Å². The lowest BCUT2D eigenvalue weighted by Gasteiger charge is -2.34. The number of carbonyl (C=O) groups is 2. The number of amides is 2. The number of primary amides is 1. The number of anilines is 1. The molecule has 2 fully saturated rings. The SMILES string of the molecule is NC(=O)c1cc(N2CCC(C(=O)N3OCC[C@@H]3c3cc(F)cc(F)c3)CC2)ncn1. The molecule has 1 aromatic heterocycles. The highest BCUT2D eigenvalue weighted by atomic mass is 19.1. The molecule has 158 valence electrons. The summed E-state index contributed by atoms with van der Waals surface area (Å²) in [5, 5.41) is 1.27. The van der Waals surface area contributed by atoms with Crippen molar-refractivity contribution in [1.29, 1.82) is 0 Å². The molecule has 8 nitrogen and oxygen atoms in total. The molecule has 30 heavy (non-hydrogen) atoms. The highest BCUT2D eigenvalue weighted by Crippen LogP contribution is 2.34. The number of hydrogen-bond acceptors (Lipinski definition) is 6. The van der Waals surface area contributed by atoms with Gasteiger partial charge in [-0.15, -0.1) is 0 Å². The molecule has 0 saturated carbocycles. The zero-order valence-electron chi connectivity index (χ0n) is 16.1. The highest BCUT2D eigenvalue weighted by Gasteiger charge is 2.37. The molecule has 1 aromatic carbocycles. The number of piperidine rings is 1. The Morgan fingerprint density at radius 1 is 1.03 bits per heavy atom. The molecular formula is C20H21F2N5O3. The number of hydroxylamine groups is 2. The van der Waals surface area contributed by atoms with E-state index in [1.165, 1.54) is 29.6 Å². The molecule has 0 bridgehead atoms. The smallest absolute Gasteiger partial charge is 0.267 e. The molecule has 2 aliphatic rings. The Labute approximate surface area is 171 Å². The maximum atomic E-state index is 13.6. The molecule has 4 rings (SSSR count). The lowest BCUT2D eigenvalue weighted by Crippen LogP contribution is -2.42. The number of aromatic nitrogens is 2. The van der Waals surface area contributed by atoms with Crippen molar-refractivity contribution < 1.29 is 23.2 Å². The van der Waals surface area contributed by atoms with Gasteiger partial charge in [0.15, 0.2) is 0 Å². The first-order chi connectivity index (χ1) is 14.4. The first-order valence-electron chi connectivity index (χ1n) is 9.71. The molecule has 2 amide bonds. The molecular weight excluding hydrogens is 396 g/mol. The van der Waals surface area contributed by atoms with Gasteiger partial charge in [-0.3, -0.25) is 14.4 Å². The fraction of sp³-hybridized carbons (Fsp3) is 0.400. The van der Waals surface area contributed by atoms with Crippen molar-refractivity contribution in [3.63, 3.8) is 0 Å². The van der Waals surface area contributed by atoms with Gasteiger partial charge in [0.05, 0.1) is 12.6 Å². The summed E-state index contributed by atoms with van der Waals surface area (Å²) in [6.45, 7) is 1.42. The third-order valence-corrected chi connectivity index (χ3v) is 5.46. The number of benzene rings is 1. The van der Waals surface area contributed by atoms with E-state index in [1.54, 1.807) is 0 Å². The number of halogens is 2. The van der Waals surface area contributed by atoms with E-state index in [9.17, 15) is 18.4 Å². The topological polar surface area (TPSA) is 102 Å². The zero-order valence-corrected chi connectivity index (χ0v) is 16.1. The molecule has 10 heteroatoms. The zero-order chi connectivity index (χ0) is 21.3. The summed E-state index contributed by atoms with van der Waals surface area (Å²) in [5.41, 5.74) is 5.78. The molecule has 0 radical (unpaired) electrons. The molecule has 2 N–H and O–H groups in total. The van der Waals surface area contributed by atoms with Crippen molar-refractivity contribution in [2.75, 3.05) is 24.6 Å². The Bertz CT molecular complexity index is 945. The van der Waals surface area contributed by atoms with Crippen LogP contribution in [0.25, 0.3) is 0 Å². The van der Waals surface area contributed by atoms with Crippen LogP contribution < -0.4 is 10.6 Å². The van der Waals surface area contributed by atoms with Crippen LogP contribution in [-0.2, 0) is 9.63 Å². The van der Waals surface area contributed by atoms with E-state index in [0.717, 1.165) is 6.07 Å². The van der Waals surface area contributed by atoms with Gasteiger partial charge in [-0.2, -0.15) is 0 Å². The molecule has 3 heterocycles. The van der Waals surface area contributed by atoms with Crippen molar-refractivity contribution in [1.82, 2.24) is 15.0 Å². The number of hydrogen-bond donors (Lipinski definition) is 1. The monoisotopic (exact) mass is 417 g/mol. The summed E-state index contributed by atoms with van der Waals surface area (Å²) in [6, 6.07) is 4.29. The van der Waals surface area contributed by atoms with Gasteiger partial charge in [0.25, 0.3) is 5.91 Å². The van der Waals surface area contributed by atoms with Crippen molar-refractivity contribution in [3.8, 4) is 0 Å². The lowest BCUT2D eigenvalue weighted by molar-refractivity contribution is -0.182. The van der Waals surface area contributed by atoms with Crippen LogP contribution in [0.1, 0.15) is 41.4 Å². The van der Waals surface area contributed by atoms with E-state index >= 15 is 0 Å². The molecule has 0 aliphatic carbocycles.